The molecule has 0 fully saturated rings. The van der Waals surface area contributed by atoms with E-state index in [2.05, 4.69) is 12.2 Å². The molecule has 0 unspecified atom stereocenters. The van der Waals surface area contributed by atoms with E-state index in [1.54, 1.807) is 17.0 Å². The quantitative estimate of drug-likeness (QED) is 0.313. The van der Waals surface area contributed by atoms with Crippen molar-refractivity contribution in [2.75, 3.05) is 16.8 Å². The van der Waals surface area contributed by atoms with Crippen molar-refractivity contribution in [3.05, 3.63) is 95.6 Å². The van der Waals surface area contributed by atoms with Gasteiger partial charge in [-0.1, -0.05) is 43.2 Å². The van der Waals surface area contributed by atoms with Crippen LogP contribution in [0, 0.1) is 6.92 Å². The number of ether oxygens (including phenoxy) is 1. The van der Waals surface area contributed by atoms with Gasteiger partial charge in [-0.05, 0) is 67.9 Å². The first-order valence-electron chi connectivity index (χ1n) is 11.6. The lowest BCUT2D eigenvalue weighted by Gasteiger charge is -2.18. The Hall–Kier alpha value is -4.12. The van der Waals surface area contributed by atoms with Crippen molar-refractivity contribution in [2.24, 2.45) is 0 Å². The second-order valence-corrected chi connectivity index (χ2v) is 8.52. The summed E-state index contributed by atoms with van der Waals surface area (Å²) in [5, 5.41) is 4.71. The summed E-state index contributed by atoms with van der Waals surface area (Å²) in [4.78, 5) is 28.0. The van der Waals surface area contributed by atoms with Gasteiger partial charge in [0.2, 0.25) is 0 Å². The Morgan fingerprint density at radius 3 is 2.44 bits per heavy atom. The van der Waals surface area contributed by atoms with Crippen molar-refractivity contribution >= 4 is 39.6 Å². The van der Waals surface area contributed by atoms with Crippen LogP contribution in [0.1, 0.15) is 46.0 Å². The molecule has 34 heavy (non-hydrogen) atoms. The van der Waals surface area contributed by atoms with Crippen molar-refractivity contribution in [1.29, 1.82) is 0 Å². The fourth-order valence-corrected chi connectivity index (χ4v) is 4.27. The minimum Gasteiger partial charge on any atom is -0.494 e. The molecule has 0 aromatic heterocycles. The molecule has 0 aliphatic carbocycles. The van der Waals surface area contributed by atoms with Crippen LogP contribution in [0.15, 0.2) is 78.9 Å². The van der Waals surface area contributed by atoms with Gasteiger partial charge in [0.15, 0.2) is 0 Å². The molecule has 1 aliphatic rings. The minimum atomic E-state index is -0.208. The predicted molar refractivity (Wildman–Crippen MR) is 136 cm³/mol. The van der Waals surface area contributed by atoms with Crippen molar-refractivity contribution in [3.8, 4) is 5.75 Å². The summed E-state index contributed by atoms with van der Waals surface area (Å²) in [6, 6.07) is 24.5. The van der Waals surface area contributed by atoms with Gasteiger partial charge in [0.05, 0.1) is 17.9 Å². The van der Waals surface area contributed by atoms with Crippen LogP contribution in [0.5, 0.6) is 5.75 Å². The van der Waals surface area contributed by atoms with E-state index in [1.165, 1.54) is 0 Å². The van der Waals surface area contributed by atoms with Crippen LogP contribution in [-0.4, -0.2) is 18.4 Å². The number of amides is 2. The second-order valence-electron chi connectivity index (χ2n) is 8.52. The highest BCUT2D eigenvalue weighted by molar-refractivity contribution is 6.29. The Labute approximate surface area is 199 Å². The van der Waals surface area contributed by atoms with Gasteiger partial charge >= 0.3 is 0 Å². The zero-order valence-corrected chi connectivity index (χ0v) is 19.3. The lowest BCUT2D eigenvalue weighted by molar-refractivity contribution is 0.100. The molecule has 4 aromatic carbocycles. The summed E-state index contributed by atoms with van der Waals surface area (Å²) in [7, 11) is 0. The average Bonchev–Trinajstić information content (AvgIpc) is 3.15. The Bertz CT molecular complexity index is 1380. The molecule has 5 nitrogen and oxygen atoms in total. The van der Waals surface area contributed by atoms with Gasteiger partial charge in [0, 0.05) is 27.7 Å². The van der Waals surface area contributed by atoms with E-state index in [4.69, 9.17) is 4.74 Å². The molecular formula is C29H26N2O3. The van der Waals surface area contributed by atoms with E-state index in [0.29, 0.717) is 23.4 Å². The van der Waals surface area contributed by atoms with Crippen LogP contribution in [0.2, 0.25) is 0 Å². The summed E-state index contributed by atoms with van der Waals surface area (Å²) in [6.45, 7) is 4.81. The van der Waals surface area contributed by atoms with Crippen LogP contribution in [0.25, 0.3) is 10.8 Å². The number of benzene rings is 4. The fraction of sp³-hybridized carbons (Fsp3) is 0.172. The average molecular weight is 451 g/mol. The third-order valence-electron chi connectivity index (χ3n) is 6.12. The first-order chi connectivity index (χ1) is 16.6. The van der Waals surface area contributed by atoms with Gasteiger partial charge in [0.1, 0.15) is 5.75 Å². The van der Waals surface area contributed by atoms with Gasteiger partial charge < -0.3 is 10.1 Å². The topological polar surface area (TPSA) is 58.6 Å². The van der Waals surface area contributed by atoms with Crippen molar-refractivity contribution < 1.29 is 14.3 Å². The molecule has 5 rings (SSSR count). The number of nitrogens with zero attached hydrogens (tertiary/aromatic N) is 1. The zero-order valence-electron chi connectivity index (χ0n) is 19.3. The molecule has 1 aliphatic heterocycles. The second kappa shape index (κ2) is 9.02. The van der Waals surface area contributed by atoms with E-state index < -0.39 is 0 Å². The summed E-state index contributed by atoms with van der Waals surface area (Å²) in [6.07, 6.45) is 2.07. The SMILES string of the molecule is CCCCOc1ccc(C(=O)Nc2ccc3c4c(cccc24)C(=O)N3c2ccc(C)cc2)cc1. The molecule has 0 saturated carbocycles. The Morgan fingerprint density at radius 1 is 0.941 bits per heavy atom. The van der Waals surface area contributed by atoms with Crippen molar-refractivity contribution in [2.45, 2.75) is 26.7 Å². The highest BCUT2D eigenvalue weighted by Crippen LogP contribution is 2.44. The fourth-order valence-electron chi connectivity index (χ4n) is 4.27. The number of aryl methyl sites for hydroxylation is 1. The number of unbranched alkanes of at least 4 members (excludes halogenated alkanes) is 1. The van der Waals surface area contributed by atoms with Gasteiger partial charge in [-0.2, -0.15) is 0 Å². The molecule has 4 aromatic rings. The van der Waals surface area contributed by atoms with E-state index in [0.717, 1.165) is 46.3 Å². The normalized spacial score (nSPS) is 12.3. The van der Waals surface area contributed by atoms with E-state index in [-0.39, 0.29) is 11.8 Å². The van der Waals surface area contributed by atoms with Gasteiger partial charge in [-0.15, -0.1) is 0 Å². The van der Waals surface area contributed by atoms with E-state index in [1.807, 2.05) is 73.7 Å². The van der Waals surface area contributed by atoms with Crippen LogP contribution in [0.3, 0.4) is 0 Å². The molecule has 2 amide bonds. The molecule has 1 heterocycles. The summed E-state index contributed by atoms with van der Waals surface area (Å²) in [5.41, 5.74) is 4.64. The molecule has 0 saturated heterocycles. The maximum absolute atomic E-state index is 13.3. The highest BCUT2D eigenvalue weighted by atomic mass is 16.5. The Kier molecular flexibility index (Phi) is 5.76. The third-order valence-corrected chi connectivity index (χ3v) is 6.12. The van der Waals surface area contributed by atoms with Crippen LogP contribution >= 0.6 is 0 Å². The van der Waals surface area contributed by atoms with Crippen molar-refractivity contribution in [1.82, 2.24) is 0 Å². The summed E-state index contributed by atoms with van der Waals surface area (Å²) in [5.74, 6) is 0.483. The molecule has 0 spiro atoms. The minimum absolute atomic E-state index is 0.0633. The number of rotatable bonds is 7. The molecule has 0 radical (unpaired) electrons. The number of nitrogens with one attached hydrogen (secondary N) is 1. The lowest BCUT2D eigenvalue weighted by Crippen LogP contribution is -2.20. The van der Waals surface area contributed by atoms with Crippen LogP contribution in [-0.2, 0) is 0 Å². The maximum atomic E-state index is 13.3. The maximum Gasteiger partial charge on any atom is 0.263 e. The van der Waals surface area contributed by atoms with Crippen LogP contribution in [0.4, 0.5) is 17.1 Å². The van der Waals surface area contributed by atoms with Gasteiger partial charge in [0.25, 0.3) is 11.8 Å². The molecular weight excluding hydrogens is 424 g/mol. The summed E-state index contributed by atoms with van der Waals surface area (Å²) >= 11 is 0. The molecule has 0 bridgehead atoms. The highest BCUT2D eigenvalue weighted by Gasteiger charge is 2.31. The van der Waals surface area contributed by atoms with Crippen LogP contribution < -0.4 is 15.0 Å². The summed E-state index contributed by atoms with van der Waals surface area (Å²) < 4.78 is 5.69. The van der Waals surface area contributed by atoms with Gasteiger partial charge in [-0.25, -0.2) is 0 Å². The largest absolute Gasteiger partial charge is 0.494 e. The molecule has 170 valence electrons. The van der Waals surface area contributed by atoms with E-state index in [9.17, 15) is 9.59 Å². The van der Waals surface area contributed by atoms with Crippen molar-refractivity contribution in [3.63, 3.8) is 0 Å². The third kappa shape index (κ3) is 3.90. The smallest absolute Gasteiger partial charge is 0.263 e. The number of anilines is 3. The first-order valence-corrected chi connectivity index (χ1v) is 11.6. The van der Waals surface area contributed by atoms with E-state index >= 15 is 0 Å². The number of hydrogen-bond donors (Lipinski definition) is 1. The Morgan fingerprint density at radius 2 is 1.71 bits per heavy atom. The molecule has 5 heteroatoms. The molecule has 1 N–H and O–H groups in total. The predicted octanol–water partition coefficient (Wildman–Crippen LogP) is 6.87. The number of hydrogen-bond acceptors (Lipinski definition) is 3. The first kappa shape index (κ1) is 21.7. The standard InChI is InChI=1S/C29H26N2O3/c1-3-4-18-34-22-14-10-20(11-15-22)28(32)30-25-16-17-26-27-23(25)6-5-7-24(27)29(33)31(26)21-12-8-19(2)9-13-21/h5-17H,3-4,18H2,1-2H3,(H,30,32). The number of carbonyl (C=O) groups excluding carboxylic acids is 2. The Balaban J connectivity index is 1.44. The lowest BCUT2D eigenvalue weighted by atomic mass is 10.0. The monoisotopic (exact) mass is 450 g/mol. The molecule has 0 atom stereocenters. The van der Waals surface area contributed by atoms with Gasteiger partial charge in [-0.3, -0.25) is 14.5 Å². The number of carbonyl (C=O) groups is 2. The zero-order chi connectivity index (χ0) is 23.7.